The van der Waals surface area contributed by atoms with Crippen molar-refractivity contribution < 1.29 is 4.42 Å². The lowest BCUT2D eigenvalue weighted by Crippen LogP contribution is -1.98. The van der Waals surface area contributed by atoms with E-state index in [2.05, 4.69) is 37.8 Å². The van der Waals surface area contributed by atoms with Gasteiger partial charge in [-0.05, 0) is 23.8 Å². The molecule has 0 unspecified atom stereocenters. The van der Waals surface area contributed by atoms with Gasteiger partial charge in [-0.1, -0.05) is 76.6 Å². The maximum Gasteiger partial charge on any atom is 0.249 e. The zero-order valence-electron chi connectivity index (χ0n) is 14.3. The first-order chi connectivity index (χ1) is 13.7. The molecule has 0 amide bonds. The average Bonchev–Trinajstić information content (AvgIpc) is 3.35. The minimum absolute atomic E-state index is 0.361. The Balaban J connectivity index is 1.34. The Kier molecular flexibility index (Phi) is 6.11. The van der Waals surface area contributed by atoms with Crippen molar-refractivity contribution in [1.29, 1.82) is 0 Å². The molecule has 0 saturated heterocycles. The predicted octanol–water partition coefficient (Wildman–Crippen LogP) is 5.80. The average molecular weight is 450 g/mol. The molecule has 2 aromatic heterocycles. The molecule has 0 aliphatic carbocycles. The van der Waals surface area contributed by atoms with Crippen LogP contribution < -0.4 is 5.32 Å². The standard InChI is InChI=1S/C18H13Cl2N5OS2/c19-12-6-7-13(14(20)8-12)16-23-22-15(26-16)10-27-18-25-24-17(28-18)21-9-11-4-2-1-3-5-11/h1-8H,9-10H2,(H,21,24). The van der Waals surface area contributed by atoms with Crippen LogP contribution in [0.5, 0.6) is 0 Å². The van der Waals surface area contributed by atoms with Crippen LogP contribution >= 0.6 is 46.3 Å². The molecule has 2 heterocycles. The molecule has 2 aromatic carbocycles. The molecule has 4 rings (SSSR count). The summed E-state index contributed by atoms with van der Waals surface area (Å²) in [5.41, 5.74) is 1.84. The van der Waals surface area contributed by atoms with Crippen molar-refractivity contribution in [3.63, 3.8) is 0 Å². The topological polar surface area (TPSA) is 76.7 Å². The Hall–Kier alpha value is -2.13. The number of aromatic nitrogens is 4. The molecule has 10 heteroatoms. The van der Waals surface area contributed by atoms with Gasteiger partial charge in [-0.25, -0.2) is 0 Å². The van der Waals surface area contributed by atoms with Gasteiger partial charge in [0, 0.05) is 11.6 Å². The highest BCUT2D eigenvalue weighted by Gasteiger charge is 2.13. The summed E-state index contributed by atoms with van der Waals surface area (Å²) in [6, 6.07) is 15.3. The molecular weight excluding hydrogens is 437 g/mol. The first-order valence-electron chi connectivity index (χ1n) is 8.19. The first-order valence-corrected chi connectivity index (χ1v) is 10.7. The zero-order valence-corrected chi connectivity index (χ0v) is 17.4. The number of benzene rings is 2. The second kappa shape index (κ2) is 8.91. The molecule has 0 saturated carbocycles. The fourth-order valence-corrected chi connectivity index (χ4v) is 4.39. The van der Waals surface area contributed by atoms with E-state index in [0.29, 0.717) is 39.7 Å². The van der Waals surface area contributed by atoms with Crippen LogP contribution in [0.25, 0.3) is 11.5 Å². The minimum atomic E-state index is 0.361. The van der Waals surface area contributed by atoms with Crippen molar-refractivity contribution >= 4 is 51.4 Å². The molecule has 1 N–H and O–H groups in total. The van der Waals surface area contributed by atoms with Gasteiger partial charge < -0.3 is 9.73 Å². The molecule has 0 spiro atoms. The SMILES string of the molecule is Clc1ccc(-c2nnc(CSc3nnc(NCc4ccccc4)s3)o2)c(Cl)c1. The van der Waals surface area contributed by atoms with Gasteiger partial charge in [-0.15, -0.1) is 20.4 Å². The zero-order chi connectivity index (χ0) is 19.3. The molecule has 28 heavy (non-hydrogen) atoms. The fraction of sp³-hybridized carbons (Fsp3) is 0.111. The third-order valence-electron chi connectivity index (χ3n) is 3.64. The number of nitrogens with zero attached hydrogens (tertiary/aromatic N) is 4. The summed E-state index contributed by atoms with van der Waals surface area (Å²) >= 11 is 15.1. The molecule has 0 bridgehead atoms. The van der Waals surface area contributed by atoms with E-state index in [-0.39, 0.29) is 0 Å². The second-order valence-electron chi connectivity index (χ2n) is 5.63. The summed E-state index contributed by atoms with van der Waals surface area (Å²) in [4.78, 5) is 0. The normalized spacial score (nSPS) is 10.9. The highest BCUT2D eigenvalue weighted by Crippen LogP contribution is 2.32. The van der Waals surface area contributed by atoms with Gasteiger partial charge in [0.05, 0.1) is 16.3 Å². The van der Waals surface area contributed by atoms with Crippen LogP contribution in [0.4, 0.5) is 5.13 Å². The predicted molar refractivity (Wildman–Crippen MR) is 113 cm³/mol. The van der Waals surface area contributed by atoms with E-state index in [4.69, 9.17) is 27.6 Å². The second-order valence-corrected chi connectivity index (χ2v) is 8.67. The number of rotatable bonds is 7. The van der Waals surface area contributed by atoms with E-state index in [1.54, 1.807) is 18.2 Å². The maximum atomic E-state index is 6.18. The third-order valence-corrected chi connectivity index (χ3v) is 6.19. The van der Waals surface area contributed by atoms with Crippen molar-refractivity contribution in [2.75, 3.05) is 5.32 Å². The smallest absolute Gasteiger partial charge is 0.249 e. The number of hydrogen-bond donors (Lipinski definition) is 1. The van der Waals surface area contributed by atoms with E-state index in [1.165, 1.54) is 28.7 Å². The summed E-state index contributed by atoms with van der Waals surface area (Å²) in [6.07, 6.45) is 0. The summed E-state index contributed by atoms with van der Waals surface area (Å²) in [5, 5.41) is 21.5. The lowest BCUT2D eigenvalue weighted by atomic mass is 10.2. The summed E-state index contributed by atoms with van der Waals surface area (Å²) in [6.45, 7) is 0.703. The van der Waals surface area contributed by atoms with Gasteiger partial charge in [-0.3, -0.25) is 0 Å². The summed E-state index contributed by atoms with van der Waals surface area (Å²) in [5.74, 6) is 1.34. The molecule has 0 fully saturated rings. The van der Waals surface area contributed by atoms with Crippen molar-refractivity contribution in [3.8, 4) is 11.5 Å². The van der Waals surface area contributed by atoms with Gasteiger partial charge in [0.2, 0.25) is 16.9 Å². The van der Waals surface area contributed by atoms with Crippen LogP contribution in [-0.2, 0) is 12.3 Å². The highest BCUT2D eigenvalue weighted by molar-refractivity contribution is 8.00. The number of anilines is 1. The molecule has 0 aliphatic rings. The summed E-state index contributed by atoms with van der Waals surface area (Å²) < 4.78 is 6.51. The van der Waals surface area contributed by atoms with Crippen LogP contribution in [0.1, 0.15) is 11.5 Å². The Bertz CT molecular complexity index is 1070. The van der Waals surface area contributed by atoms with Crippen molar-refractivity contribution in [2.24, 2.45) is 0 Å². The van der Waals surface area contributed by atoms with Crippen LogP contribution in [-0.4, -0.2) is 20.4 Å². The maximum absolute atomic E-state index is 6.18. The minimum Gasteiger partial charge on any atom is -0.420 e. The van der Waals surface area contributed by atoms with Crippen molar-refractivity contribution in [3.05, 3.63) is 70.0 Å². The van der Waals surface area contributed by atoms with Gasteiger partial charge in [0.15, 0.2) is 4.34 Å². The van der Waals surface area contributed by atoms with E-state index in [9.17, 15) is 0 Å². The summed E-state index contributed by atoms with van der Waals surface area (Å²) in [7, 11) is 0. The number of nitrogens with one attached hydrogen (secondary N) is 1. The molecule has 0 atom stereocenters. The van der Waals surface area contributed by atoms with Crippen LogP contribution in [0.3, 0.4) is 0 Å². The molecule has 0 aliphatic heterocycles. The Morgan fingerprint density at radius 3 is 2.68 bits per heavy atom. The van der Waals surface area contributed by atoms with Crippen LogP contribution in [0.2, 0.25) is 10.0 Å². The Morgan fingerprint density at radius 2 is 1.86 bits per heavy atom. The number of thioether (sulfide) groups is 1. The van der Waals surface area contributed by atoms with Gasteiger partial charge in [0.25, 0.3) is 0 Å². The number of halogens is 2. The molecule has 0 radical (unpaired) electrons. The van der Waals surface area contributed by atoms with Crippen LogP contribution in [0.15, 0.2) is 57.3 Å². The van der Waals surface area contributed by atoms with Gasteiger partial charge in [-0.2, -0.15) is 0 Å². The first kappa shape index (κ1) is 19.2. The van der Waals surface area contributed by atoms with Crippen molar-refractivity contribution in [1.82, 2.24) is 20.4 Å². The highest BCUT2D eigenvalue weighted by atomic mass is 35.5. The van der Waals surface area contributed by atoms with E-state index in [0.717, 1.165) is 9.47 Å². The van der Waals surface area contributed by atoms with Crippen LogP contribution in [0, 0.1) is 0 Å². The van der Waals surface area contributed by atoms with E-state index in [1.807, 2.05) is 18.2 Å². The van der Waals surface area contributed by atoms with Crippen molar-refractivity contribution in [2.45, 2.75) is 16.6 Å². The van der Waals surface area contributed by atoms with E-state index < -0.39 is 0 Å². The largest absolute Gasteiger partial charge is 0.420 e. The Labute approximate surface area is 179 Å². The van der Waals surface area contributed by atoms with Gasteiger partial charge in [0.1, 0.15) is 0 Å². The van der Waals surface area contributed by atoms with E-state index >= 15 is 0 Å². The van der Waals surface area contributed by atoms with Gasteiger partial charge >= 0.3 is 0 Å². The molecule has 142 valence electrons. The number of hydrogen-bond acceptors (Lipinski definition) is 8. The quantitative estimate of drug-likeness (QED) is 0.357. The molecule has 6 nitrogen and oxygen atoms in total. The molecular formula is C18H13Cl2N5OS2. The lowest BCUT2D eigenvalue weighted by molar-refractivity contribution is 0.528. The lowest BCUT2D eigenvalue weighted by Gasteiger charge is -2.00. The Morgan fingerprint density at radius 1 is 1.00 bits per heavy atom. The monoisotopic (exact) mass is 449 g/mol. The molecule has 4 aromatic rings. The third kappa shape index (κ3) is 4.82. The fourth-order valence-electron chi connectivity index (χ4n) is 2.32.